The van der Waals surface area contributed by atoms with E-state index in [4.69, 9.17) is 0 Å². The van der Waals surface area contributed by atoms with Crippen LogP contribution in [0, 0.1) is 22.7 Å². The maximum atomic E-state index is 9.94. The lowest BCUT2D eigenvalue weighted by Crippen LogP contribution is -1.85. The maximum Gasteiger partial charge on any atom is 0.113 e. The van der Waals surface area contributed by atoms with Crippen LogP contribution in [0.1, 0.15) is 20.9 Å². The summed E-state index contributed by atoms with van der Waals surface area (Å²) >= 11 is 5.61. The molecule has 38 heavy (non-hydrogen) atoms. The molecule has 0 aliphatic carbocycles. The second kappa shape index (κ2) is 8.94. The first-order valence-corrected chi connectivity index (χ1v) is 14.4. The maximum absolute atomic E-state index is 9.94. The number of nitrogens with zero attached hydrogens (tertiary/aromatic N) is 7. The monoisotopic (exact) mass is 563 g/mol. The molecule has 0 spiro atoms. The Hall–Kier alpha value is -4.26. The van der Waals surface area contributed by atoms with E-state index in [-0.39, 0.29) is 0 Å². The standard InChI is InChI=1S/C27H13N7S4/c1-34-22-10-16(8-14(12-28)18-4-2-6-20-24(18)32-37-30-20)35-26(22)27-23(34)11-17(36-27)9-15(13-29)19-5-3-7-21-25(19)33-38-31-21/h2-11H,1H3. The number of aromatic nitrogens is 5. The number of hydrogen-bond acceptors (Lipinski definition) is 10. The number of rotatable bonds is 4. The molecule has 2 aromatic carbocycles. The molecule has 0 radical (unpaired) electrons. The van der Waals surface area contributed by atoms with Crippen molar-refractivity contribution in [2.75, 3.05) is 0 Å². The minimum Gasteiger partial charge on any atom is -0.342 e. The van der Waals surface area contributed by atoms with E-state index in [2.05, 4.69) is 46.3 Å². The summed E-state index contributed by atoms with van der Waals surface area (Å²) in [5.41, 5.74) is 8.02. The molecule has 0 N–H and O–H groups in total. The molecular formula is C27H13N7S4. The molecule has 7 aromatic rings. The fourth-order valence-electron chi connectivity index (χ4n) is 4.57. The van der Waals surface area contributed by atoms with Gasteiger partial charge >= 0.3 is 0 Å². The molecule has 0 saturated carbocycles. The minimum atomic E-state index is 0.560. The lowest BCUT2D eigenvalue weighted by molar-refractivity contribution is 1.02. The Morgan fingerprint density at radius 1 is 0.737 bits per heavy atom. The molecule has 5 aromatic heterocycles. The van der Waals surface area contributed by atoms with E-state index in [1.54, 1.807) is 22.7 Å². The zero-order valence-electron chi connectivity index (χ0n) is 19.5. The molecule has 7 nitrogen and oxygen atoms in total. The largest absolute Gasteiger partial charge is 0.342 e. The van der Waals surface area contributed by atoms with Gasteiger partial charge in [-0.25, -0.2) is 0 Å². The fraction of sp³-hybridized carbons (Fsp3) is 0.0370. The van der Waals surface area contributed by atoms with Crippen LogP contribution in [0.25, 0.3) is 65.8 Å². The summed E-state index contributed by atoms with van der Waals surface area (Å²) < 4.78 is 21.9. The molecule has 7 rings (SSSR count). The van der Waals surface area contributed by atoms with Crippen molar-refractivity contribution in [1.82, 2.24) is 22.1 Å². The number of aryl methyl sites for hydroxylation is 1. The summed E-state index contributed by atoms with van der Waals surface area (Å²) in [7, 11) is 2.05. The number of hydrogen-bond donors (Lipinski definition) is 0. The molecule has 0 aliphatic heterocycles. The molecule has 0 saturated heterocycles. The molecule has 0 unspecified atom stereocenters. The predicted octanol–water partition coefficient (Wildman–Crippen LogP) is 7.59. The van der Waals surface area contributed by atoms with Crippen molar-refractivity contribution in [3.63, 3.8) is 0 Å². The zero-order chi connectivity index (χ0) is 25.8. The Morgan fingerprint density at radius 3 is 1.66 bits per heavy atom. The predicted molar refractivity (Wildman–Crippen MR) is 158 cm³/mol. The van der Waals surface area contributed by atoms with Crippen LogP contribution in [-0.4, -0.2) is 22.1 Å². The number of nitriles is 2. The van der Waals surface area contributed by atoms with Crippen LogP contribution in [0.3, 0.4) is 0 Å². The number of allylic oxidation sites excluding steroid dienone is 2. The highest BCUT2D eigenvalue weighted by Gasteiger charge is 2.17. The Morgan fingerprint density at radius 2 is 1.21 bits per heavy atom. The number of benzene rings is 2. The molecule has 11 heteroatoms. The van der Waals surface area contributed by atoms with Gasteiger partial charge in [0.2, 0.25) is 0 Å². The number of thiophene rings is 2. The molecule has 0 bridgehead atoms. The third-order valence-electron chi connectivity index (χ3n) is 6.36. The van der Waals surface area contributed by atoms with Gasteiger partial charge in [-0.1, -0.05) is 24.3 Å². The van der Waals surface area contributed by atoms with Gasteiger partial charge in [-0.15, -0.1) is 22.7 Å². The van der Waals surface area contributed by atoms with Gasteiger partial charge in [-0.3, -0.25) is 0 Å². The van der Waals surface area contributed by atoms with E-state index in [0.29, 0.717) is 11.1 Å². The second-order valence-electron chi connectivity index (χ2n) is 8.50. The Balaban J connectivity index is 1.32. The van der Waals surface area contributed by atoms with Crippen molar-refractivity contribution in [1.29, 1.82) is 10.5 Å². The molecule has 5 heterocycles. The molecule has 180 valence electrons. The summed E-state index contributed by atoms with van der Waals surface area (Å²) in [5.74, 6) is 0. The lowest BCUT2D eigenvalue weighted by Gasteiger charge is -1.99. The Labute approximate surface area is 232 Å². The van der Waals surface area contributed by atoms with Gasteiger partial charge in [0.15, 0.2) is 0 Å². The van der Waals surface area contributed by atoms with Crippen molar-refractivity contribution >= 4 is 112 Å². The van der Waals surface area contributed by atoms with Crippen LogP contribution < -0.4 is 0 Å². The summed E-state index contributed by atoms with van der Waals surface area (Å²) in [6.07, 6.45) is 3.85. The van der Waals surface area contributed by atoms with Crippen molar-refractivity contribution in [2.45, 2.75) is 0 Å². The van der Waals surface area contributed by atoms with Gasteiger partial charge in [-0.05, 0) is 36.4 Å². The molecule has 0 atom stereocenters. The van der Waals surface area contributed by atoms with Gasteiger partial charge in [0.1, 0.15) is 22.1 Å². The highest BCUT2D eigenvalue weighted by atomic mass is 32.1. The smallest absolute Gasteiger partial charge is 0.113 e. The summed E-state index contributed by atoms with van der Waals surface area (Å²) in [5, 5.41) is 19.9. The van der Waals surface area contributed by atoms with Gasteiger partial charge in [0.25, 0.3) is 0 Å². The first kappa shape index (κ1) is 22.9. The van der Waals surface area contributed by atoms with Gasteiger partial charge < -0.3 is 4.57 Å². The van der Waals surface area contributed by atoms with E-state index in [1.165, 1.54) is 0 Å². The Kier molecular flexibility index (Phi) is 5.39. The van der Waals surface area contributed by atoms with Crippen LogP contribution in [0.15, 0.2) is 48.5 Å². The van der Waals surface area contributed by atoms with Crippen LogP contribution >= 0.6 is 46.1 Å². The van der Waals surface area contributed by atoms with Gasteiger partial charge in [0, 0.05) is 27.9 Å². The lowest BCUT2D eigenvalue weighted by atomic mass is 10.0. The van der Waals surface area contributed by atoms with E-state index >= 15 is 0 Å². The van der Waals surface area contributed by atoms with Gasteiger partial charge in [0.05, 0.1) is 67.2 Å². The van der Waals surface area contributed by atoms with E-state index < -0.39 is 0 Å². The summed E-state index contributed by atoms with van der Waals surface area (Å²) in [6, 6.07) is 20.4. The highest BCUT2D eigenvalue weighted by Crippen LogP contribution is 2.41. The second-order valence-corrected chi connectivity index (χ2v) is 11.7. The normalized spacial score (nSPS) is 12.6. The molecule has 0 aliphatic rings. The van der Waals surface area contributed by atoms with Crippen LogP contribution in [0.2, 0.25) is 0 Å². The SMILES string of the molecule is Cn1c2cc(C=C(C#N)c3cccc4nsnc34)sc2c2sc(C=C(C#N)c3cccc4nsnc34)cc21. The molecule has 0 amide bonds. The fourth-order valence-corrected chi connectivity index (χ4v) is 8.08. The summed E-state index contributed by atoms with van der Waals surface area (Å²) in [4.78, 5) is 1.99. The van der Waals surface area contributed by atoms with Crippen LogP contribution in [0.4, 0.5) is 0 Å². The van der Waals surface area contributed by atoms with Crippen LogP contribution in [0.5, 0.6) is 0 Å². The third kappa shape index (κ3) is 3.56. The first-order chi connectivity index (χ1) is 18.6. The third-order valence-corrected chi connectivity index (χ3v) is 9.75. The molecular weight excluding hydrogens is 551 g/mol. The number of fused-ring (bicyclic) bond motifs is 5. The minimum absolute atomic E-state index is 0.560. The Bertz CT molecular complexity index is 2030. The van der Waals surface area contributed by atoms with Gasteiger partial charge in [-0.2, -0.15) is 28.0 Å². The van der Waals surface area contributed by atoms with Crippen molar-refractivity contribution in [2.24, 2.45) is 7.05 Å². The molecule has 0 fully saturated rings. The highest BCUT2D eigenvalue weighted by molar-refractivity contribution is 7.28. The first-order valence-electron chi connectivity index (χ1n) is 11.3. The summed E-state index contributed by atoms with van der Waals surface area (Å²) in [6.45, 7) is 0. The quantitative estimate of drug-likeness (QED) is 0.204. The average Bonchev–Trinajstić information content (AvgIpc) is 3.75. The van der Waals surface area contributed by atoms with E-state index in [0.717, 1.165) is 86.8 Å². The van der Waals surface area contributed by atoms with Crippen molar-refractivity contribution in [3.8, 4) is 12.1 Å². The zero-order valence-corrected chi connectivity index (χ0v) is 22.8. The van der Waals surface area contributed by atoms with E-state index in [9.17, 15) is 10.5 Å². The van der Waals surface area contributed by atoms with E-state index in [1.807, 2.05) is 55.6 Å². The average molecular weight is 564 g/mol. The van der Waals surface area contributed by atoms with Crippen molar-refractivity contribution in [3.05, 3.63) is 69.4 Å². The topological polar surface area (TPSA) is 104 Å². The van der Waals surface area contributed by atoms with Crippen LogP contribution in [-0.2, 0) is 7.05 Å². The van der Waals surface area contributed by atoms with Crippen molar-refractivity contribution < 1.29 is 0 Å².